The number of phenolic OH excluding ortho intramolecular Hbond substituents is 1. The molecule has 0 spiro atoms. The average Bonchev–Trinajstić information content (AvgIpc) is 3.12. The minimum Gasteiger partial charge on any atom is -0.508 e. The van der Waals surface area contributed by atoms with Crippen LogP contribution in [0.2, 0.25) is 0 Å². The summed E-state index contributed by atoms with van der Waals surface area (Å²) in [5.41, 5.74) is 5.81. The van der Waals surface area contributed by atoms with Crippen molar-refractivity contribution in [2.45, 2.75) is 31.3 Å². The monoisotopic (exact) mass is 277 g/mol. The summed E-state index contributed by atoms with van der Waals surface area (Å²) >= 11 is 0. The maximum Gasteiger partial charge on any atom is 0.573 e. The third-order valence-corrected chi connectivity index (χ3v) is 3.06. The fourth-order valence-corrected chi connectivity index (χ4v) is 1.91. The number of benzene rings is 1. The molecule has 2 rings (SSSR count). The zero-order chi connectivity index (χ0) is 14.2. The van der Waals surface area contributed by atoms with Gasteiger partial charge in [-0.2, -0.15) is 0 Å². The highest BCUT2D eigenvalue weighted by atomic mass is 19.4. The summed E-state index contributed by atoms with van der Waals surface area (Å²) in [6, 6.07) is 2.11. The predicted molar refractivity (Wildman–Crippen MR) is 60.4 cm³/mol. The van der Waals surface area contributed by atoms with Gasteiger partial charge in [0.15, 0.2) is 0 Å². The highest BCUT2D eigenvalue weighted by Crippen LogP contribution is 2.40. The van der Waals surface area contributed by atoms with E-state index in [-0.39, 0.29) is 17.2 Å². The quantitative estimate of drug-likeness (QED) is 0.787. The lowest BCUT2D eigenvalue weighted by atomic mass is 9.98. The number of aliphatic hydroxyl groups is 1. The molecule has 0 bridgehead atoms. The van der Waals surface area contributed by atoms with Crippen LogP contribution in [0, 0.1) is 5.92 Å². The average molecular weight is 277 g/mol. The second kappa shape index (κ2) is 4.90. The molecule has 1 aliphatic carbocycles. The van der Waals surface area contributed by atoms with Crippen molar-refractivity contribution < 1.29 is 28.1 Å². The van der Waals surface area contributed by atoms with Crippen LogP contribution >= 0.6 is 0 Å². The summed E-state index contributed by atoms with van der Waals surface area (Å²) in [5.74, 6) is -0.693. The number of hydrogen-bond donors (Lipinski definition) is 3. The fourth-order valence-electron chi connectivity index (χ4n) is 1.91. The molecule has 0 radical (unpaired) electrons. The van der Waals surface area contributed by atoms with Crippen molar-refractivity contribution in [3.8, 4) is 11.5 Å². The summed E-state index contributed by atoms with van der Waals surface area (Å²) in [5, 5.41) is 19.5. The highest BCUT2D eigenvalue weighted by Gasteiger charge is 2.36. The van der Waals surface area contributed by atoms with E-state index in [0.717, 1.165) is 31.0 Å². The first-order valence-electron chi connectivity index (χ1n) is 5.80. The van der Waals surface area contributed by atoms with E-state index in [2.05, 4.69) is 4.74 Å². The minimum atomic E-state index is -4.81. The number of alkyl halides is 3. The first kappa shape index (κ1) is 14.0. The summed E-state index contributed by atoms with van der Waals surface area (Å²) < 4.78 is 40.1. The van der Waals surface area contributed by atoms with E-state index >= 15 is 0 Å². The Morgan fingerprint density at radius 3 is 2.47 bits per heavy atom. The lowest BCUT2D eigenvalue weighted by Gasteiger charge is -2.20. The normalized spacial score (nSPS) is 19.0. The van der Waals surface area contributed by atoms with Crippen molar-refractivity contribution in [2.75, 3.05) is 0 Å². The third-order valence-electron chi connectivity index (χ3n) is 3.06. The van der Waals surface area contributed by atoms with Crippen LogP contribution < -0.4 is 10.5 Å². The molecule has 1 fully saturated rings. The number of rotatable bonds is 4. The van der Waals surface area contributed by atoms with E-state index in [1.165, 1.54) is 0 Å². The standard InChI is InChI=1S/C12H14F3NO3/c13-12(14,15)19-7-3-4-9(17)8(5-7)10(16)11(18)6-1-2-6/h3-6,10-11,17-18H,1-2,16H2/t10-,11+/m1/s1. The van der Waals surface area contributed by atoms with Gasteiger partial charge in [0.25, 0.3) is 0 Å². The Labute approximate surface area is 107 Å². The zero-order valence-corrected chi connectivity index (χ0v) is 9.89. The topological polar surface area (TPSA) is 75.7 Å². The van der Waals surface area contributed by atoms with Crippen LogP contribution in [-0.2, 0) is 0 Å². The summed E-state index contributed by atoms with van der Waals surface area (Å²) in [6.45, 7) is 0. The first-order valence-corrected chi connectivity index (χ1v) is 5.80. The van der Waals surface area contributed by atoms with Gasteiger partial charge in [0.2, 0.25) is 0 Å². The Hall–Kier alpha value is -1.47. The number of halogens is 3. The Kier molecular flexibility index (Phi) is 3.60. The third kappa shape index (κ3) is 3.51. The molecule has 1 aliphatic rings. The van der Waals surface area contributed by atoms with Crippen LogP contribution in [0.25, 0.3) is 0 Å². The first-order chi connectivity index (χ1) is 8.78. The molecule has 0 aliphatic heterocycles. The van der Waals surface area contributed by atoms with Gasteiger partial charge in [-0.15, -0.1) is 13.2 Å². The zero-order valence-electron chi connectivity index (χ0n) is 9.89. The van der Waals surface area contributed by atoms with E-state index in [9.17, 15) is 23.4 Å². The molecule has 1 aromatic carbocycles. The van der Waals surface area contributed by atoms with E-state index in [1.54, 1.807) is 0 Å². The van der Waals surface area contributed by atoms with E-state index in [4.69, 9.17) is 5.73 Å². The number of nitrogens with two attached hydrogens (primary N) is 1. The van der Waals surface area contributed by atoms with Gasteiger partial charge in [0.05, 0.1) is 12.1 Å². The van der Waals surface area contributed by atoms with Crippen molar-refractivity contribution >= 4 is 0 Å². The molecular formula is C12H14F3NO3. The highest BCUT2D eigenvalue weighted by molar-refractivity contribution is 5.41. The molecule has 0 heterocycles. The number of aliphatic hydroxyl groups excluding tert-OH is 1. The Bertz CT molecular complexity index is 460. The van der Waals surface area contributed by atoms with E-state index < -0.39 is 24.3 Å². The summed E-state index contributed by atoms with van der Waals surface area (Å²) in [7, 11) is 0. The fraction of sp³-hybridized carbons (Fsp3) is 0.500. The van der Waals surface area contributed by atoms with Crippen molar-refractivity contribution in [1.29, 1.82) is 0 Å². The minimum absolute atomic E-state index is 0.0427. The van der Waals surface area contributed by atoms with Gasteiger partial charge in [-0.05, 0) is 37.0 Å². The summed E-state index contributed by atoms with van der Waals surface area (Å²) in [4.78, 5) is 0. The van der Waals surface area contributed by atoms with Crippen LogP contribution in [0.5, 0.6) is 11.5 Å². The van der Waals surface area contributed by atoms with E-state index in [0.29, 0.717) is 0 Å². The smallest absolute Gasteiger partial charge is 0.508 e. The Balaban J connectivity index is 2.21. The largest absolute Gasteiger partial charge is 0.573 e. The number of phenols is 1. The SMILES string of the molecule is N[C@H](c1cc(OC(F)(F)F)ccc1O)[C@@H](O)C1CC1. The lowest BCUT2D eigenvalue weighted by Crippen LogP contribution is -2.28. The van der Waals surface area contributed by atoms with Crippen LogP contribution in [-0.4, -0.2) is 22.7 Å². The molecule has 2 atom stereocenters. The van der Waals surface area contributed by atoms with Crippen molar-refractivity contribution in [3.63, 3.8) is 0 Å². The van der Waals surface area contributed by atoms with Crippen molar-refractivity contribution in [3.05, 3.63) is 23.8 Å². The van der Waals surface area contributed by atoms with E-state index in [1.807, 2.05) is 0 Å². The predicted octanol–water partition coefficient (Wildman–Crippen LogP) is 2.06. The van der Waals surface area contributed by atoms with Gasteiger partial charge in [0, 0.05) is 5.56 Å². The van der Waals surface area contributed by atoms with Crippen LogP contribution in [0.4, 0.5) is 13.2 Å². The molecule has 4 nitrogen and oxygen atoms in total. The maximum absolute atomic E-state index is 12.1. The van der Waals surface area contributed by atoms with Crippen molar-refractivity contribution in [1.82, 2.24) is 0 Å². The van der Waals surface area contributed by atoms with Gasteiger partial charge in [-0.3, -0.25) is 0 Å². The Morgan fingerprint density at radius 1 is 1.32 bits per heavy atom. The van der Waals surface area contributed by atoms with Crippen LogP contribution in [0.15, 0.2) is 18.2 Å². The van der Waals surface area contributed by atoms with Gasteiger partial charge in [-0.25, -0.2) is 0 Å². The van der Waals surface area contributed by atoms with Gasteiger partial charge >= 0.3 is 6.36 Å². The number of ether oxygens (including phenoxy) is 1. The van der Waals surface area contributed by atoms with Crippen molar-refractivity contribution in [2.24, 2.45) is 11.7 Å². The second-order valence-corrected chi connectivity index (χ2v) is 4.62. The summed E-state index contributed by atoms with van der Waals surface area (Å²) in [6.07, 6.45) is -4.04. The van der Waals surface area contributed by atoms with Gasteiger partial charge in [-0.1, -0.05) is 0 Å². The molecule has 4 N–H and O–H groups in total. The van der Waals surface area contributed by atoms with Gasteiger partial charge < -0.3 is 20.7 Å². The molecule has 0 amide bonds. The molecule has 0 aromatic heterocycles. The molecule has 106 valence electrons. The van der Waals surface area contributed by atoms with Gasteiger partial charge in [0.1, 0.15) is 11.5 Å². The molecular weight excluding hydrogens is 263 g/mol. The number of aromatic hydroxyl groups is 1. The van der Waals surface area contributed by atoms with Crippen LogP contribution in [0.3, 0.4) is 0 Å². The molecule has 19 heavy (non-hydrogen) atoms. The maximum atomic E-state index is 12.1. The Morgan fingerprint density at radius 2 is 1.95 bits per heavy atom. The molecule has 7 heteroatoms. The van der Waals surface area contributed by atoms with Crippen LogP contribution in [0.1, 0.15) is 24.4 Å². The molecule has 0 unspecified atom stereocenters. The molecule has 0 saturated heterocycles. The molecule has 1 aromatic rings. The second-order valence-electron chi connectivity index (χ2n) is 4.62. The number of hydrogen-bond acceptors (Lipinski definition) is 4. The lowest BCUT2D eigenvalue weighted by molar-refractivity contribution is -0.274. The molecule has 1 saturated carbocycles.